The van der Waals surface area contributed by atoms with E-state index in [4.69, 9.17) is 4.74 Å². The van der Waals surface area contributed by atoms with Crippen molar-refractivity contribution in [2.75, 3.05) is 25.0 Å². The van der Waals surface area contributed by atoms with Crippen LogP contribution in [0.15, 0.2) is 30.3 Å². The van der Waals surface area contributed by atoms with Crippen molar-refractivity contribution in [3.8, 4) is 17.2 Å². The van der Waals surface area contributed by atoms with E-state index in [1.165, 1.54) is 36.2 Å². The second-order valence-corrected chi connectivity index (χ2v) is 7.18. The number of nitrogens with one attached hydrogen (secondary N) is 1. The second-order valence-electron chi connectivity index (χ2n) is 7.18. The Labute approximate surface area is 149 Å². The lowest BCUT2D eigenvalue weighted by Crippen LogP contribution is -2.42. The Morgan fingerprint density at radius 3 is 2.96 bits per heavy atom. The van der Waals surface area contributed by atoms with Crippen LogP contribution in [0.3, 0.4) is 0 Å². The zero-order chi connectivity index (χ0) is 17.4. The molecule has 0 spiro atoms. The van der Waals surface area contributed by atoms with E-state index in [-0.39, 0.29) is 5.75 Å². The summed E-state index contributed by atoms with van der Waals surface area (Å²) in [5, 5.41) is 13.5. The number of likely N-dealkylation sites (tertiary alicyclic amines) is 1. The lowest BCUT2D eigenvalue weighted by Gasteiger charge is -2.34. The van der Waals surface area contributed by atoms with Crippen LogP contribution >= 0.6 is 0 Å². The standard InChI is InChI=1S/C21H26N2O2/c1-3-23-10-4-5-16(13-23)22-21-14(2)6-9-19-18(21)11-15-7-8-17(24)12-20(15)25-19/h6-9,12,16,22,24H,3-5,10-11,13H2,1-2H3. The summed E-state index contributed by atoms with van der Waals surface area (Å²) in [5.41, 5.74) is 4.84. The average Bonchev–Trinajstić information content (AvgIpc) is 2.63. The fourth-order valence-electron chi connectivity index (χ4n) is 3.98. The van der Waals surface area contributed by atoms with E-state index in [1.54, 1.807) is 12.1 Å². The van der Waals surface area contributed by atoms with Gasteiger partial charge in [0.2, 0.25) is 0 Å². The van der Waals surface area contributed by atoms with Gasteiger partial charge in [-0.2, -0.15) is 0 Å². The lowest BCUT2D eigenvalue weighted by molar-refractivity contribution is 0.227. The molecule has 1 atom stereocenters. The Morgan fingerprint density at radius 2 is 2.12 bits per heavy atom. The minimum atomic E-state index is 0.245. The molecular weight excluding hydrogens is 312 g/mol. The molecule has 25 heavy (non-hydrogen) atoms. The molecule has 2 aromatic carbocycles. The molecule has 1 unspecified atom stereocenters. The normalized spacial score (nSPS) is 19.7. The number of aromatic hydroxyl groups is 1. The van der Waals surface area contributed by atoms with E-state index < -0.39 is 0 Å². The maximum atomic E-state index is 9.70. The van der Waals surface area contributed by atoms with E-state index in [9.17, 15) is 5.11 Å². The van der Waals surface area contributed by atoms with Gasteiger partial charge < -0.3 is 20.1 Å². The summed E-state index contributed by atoms with van der Waals surface area (Å²) < 4.78 is 6.07. The van der Waals surface area contributed by atoms with Crippen LogP contribution < -0.4 is 10.1 Å². The SMILES string of the molecule is CCN1CCCC(Nc2c(C)ccc3c2Cc2ccc(O)cc2O3)C1. The Kier molecular flexibility index (Phi) is 4.30. The molecule has 0 aromatic heterocycles. The highest BCUT2D eigenvalue weighted by Gasteiger charge is 2.24. The molecule has 1 fully saturated rings. The molecule has 4 nitrogen and oxygen atoms in total. The van der Waals surface area contributed by atoms with Gasteiger partial charge in [0.1, 0.15) is 17.2 Å². The summed E-state index contributed by atoms with van der Waals surface area (Å²) in [4.78, 5) is 2.51. The van der Waals surface area contributed by atoms with Gasteiger partial charge in [0.25, 0.3) is 0 Å². The summed E-state index contributed by atoms with van der Waals surface area (Å²) in [6.45, 7) is 7.82. The van der Waals surface area contributed by atoms with Crippen LogP contribution in [-0.2, 0) is 6.42 Å². The zero-order valence-electron chi connectivity index (χ0n) is 15.0. The number of phenolic OH excluding ortho intramolecular Hbond substituents is 1. The molecule has 2 aromatic rings. The van der Waals surface area contributed by atoms with Crippen molar-refractivity contribution in [3.63, 3.8) is 0 Å². The number of aryl methyl sites for hydroxylation is 1. The third-order valence-electron chi connectivity index (χ3n) is 5.42. The van der Waals surface area contributed by atoms with Crippen LogP contribution in [0.25, 0.3) is 0 Å². The number of fused-ring (bicyclic) bond motifs is 2. The summed E-state index contributed by atoms with van der Waals surface area (Å²) >= 11 is 0. The fraction of sp³-hybridized carbons (Fsp3) is 0.429. The van der Waals surface area contributed by atoms with Crippen molar-refractivity contribution < 1.29 is 9.84 Å². The maximum absolute atomic E-state index is 9.70. The summed E-state index contributed by atoms with van der Waals surface area (Å²) in [6, 6.07) is 10.0. The third-order valence-corrected chi connectivity index (χ3v) is 5.42. The van der Waals surface area contributed by atoms with Crippen molar-refractivity contribution in [3.05, 3.63) is 47.0 Å². The van der Waals surface area contributed by atoms with Gasteiger partial charge in [-0.3, -0.25) is 0 Å². The van der Waals surface area contributed by atoms with E-state index >= 15 is 0 Å². The van der Waals surface area contributed by atoms with Crippen LogP contribution in [0.5, 0.6) is 17.2 Å². The maximum Gasteiger partial charge on any atom is 0.134 e. The number of phenols is 1. The predicted octanol–water partition coefficient (Wildman–Crippen LogP) is 4.29. The highest BCUT2D eigenvalue weighted by atomic mass is 16.5. The van der Waals surface area contributed by atoms with Crippen molar-refractivity contribution in [1.82, 2.24) is 4.90 Å². The number of rotatable bonds is 3. The number of nitrogens with zero attached hydrogens (tertiary/aromatic N) is 1. The van der Waals surface area contributed by atoms with Crippen LogP contribution in [0.4, 0.5) is 5.69 Å². The van der Waals surface area contributed by atoms with Gasteiger partial charge in [-0.15, -0.1) is 0 Å². The molecule has 0 saturated carbocycles. The van der Waals surface area contributed by atoms with Gasteiger partial charge in [0.15, 0.2) is 0 Å². The number of likely N-dealkylation sites (N-methyl/N-ethyl adjacent to an activating group) is 1. The van der Waals surface area contributed by atoms with Crippen molar-refractivity contribution >= 4 is 5.69 Å². The summed E-state index contributed by atoms with van der Waals surface area (Å²) in [6.07, 6.45) is 3.29. The van der Waals surface area contributed by atoms with Crippen LogP contribution in [0.1, 0.15) is 36.5 Å². The summed E-state index contributed by atoms with van der Waals surface area (Å²) in [5.74, 6) is 1.90. The first kappa shape index (κ1) is 16.3. The van der Waals surface area contributed by atoms with Gasteiger partial charge in [-0.25, -0.2) is 0 Å². The molecule has 0 aliphatic carbocycles. The minimum Gasteiger partial charge on any atom is -0.508 e. The Morgan fingerprint density at radius 1 is 1.24 bits per heavy atom. The number of ether oxygens (including phenoxy) is 1. The largest absolute Gasteiger partial charge is 0.508 e. The first-order chi connectivity index (χ1) is 12.1. The molecule has 2 aliphatic rings. The van der Waals surface area contributed by atoms with E-state index in [0.717, 1.165) is 36.6 Å². The fourth-order valence-corrected chi connectivity index (χ4v) is 3.98. The van der Waals surface area contributed by atoms with Crippen molar-refractivity contribution in [2.24, 2.45) is 0 Å². The highest BCUT2D eigenvalue weighted by molar-refractivity contribution is 5.67. The molecule has 1 saturated heterocycles. The quantitative estimate of drug-likeness (QED) is 0.748. The first-order valence-corrected chi connectivity index (χ1v) is 9.25. The van der Waals surface area contributed by atoms with Gasteiger partial charge >= 0.3 is 0 Å². The Bertz CT molecular complexity index is 788. The monoisotopic (exact) mass is 338 g/mol. The molecular formula is C21H26N2O2. The van der Waals surface area contributed by atoms with Gasteiger partial charge in [-0.05, 0) is 56.1 Å². The molecule has 4 rings (SSSR count). The average molecular weight is 338 g/mol. The van der Waals surface area contributed by atoms with Gasteiger partial charge in [-0.1, -0.05) is 19.1 Å². The number of hydrogen-bond acceptors (Lipinski definition) is 4. The van der Waals surface area contributed by atoms with Crippen LogP contribution in [0, 0.1) is 6.92 Å². The van der Waals surface area contributed by atoms with E-state index in [1.807, 2.05) is 12.1 Å². The molecule has 0 amide bonds. The van der Waals surface area contributed by atoms with E-state index in [2.05, 4.69) is 30.1 Å². The van der Waals surface area contributed by atoms with Gasteiger partial charge in [0, 0.05) is 36.3 Å². The number of piperidine rings is 1. The molecule has 4 heteroatoms. The molecule has 2 N–H and O–H groups in total. The lowest BCUT2D eigenvalue weighted by atomic mass is 9.95. The number of anilines is 1. The molecule has 0 radical (unpaired) electrons. The van der Waals surface area contributed by atoms with Gasteiger partial charge in [0.05, 0.1) is 0 Å². The van der Waals surface area contributed by atoms with Crippen molar-refractivity contribution in [2.45, 2.75) is 39.2 Å². The number of benzene rings is 2. The highest BCUT2D eigenvalue weighted by Crippen LogP contribution is 2.42. The van der Waals surface area contributed by atoms with Crippen molar-refractivity contribution in [1.29, 1.82) is 0 Å². The molecule has 132 valence electrons. The van der Waals surface area contributed by atoms with Crippen LogP contribution in [-0.4, -0.2) is 35.7 Å². The second kappa shape index (κ2) is 6.60. The van der Waals surface area contributed by atoms with E-state index in [0.29, 0.717) is 6.04 Å². The minimum absolute atomic E-state index is 0.245. The van der Waals surface area contributed by atoms with Crippen LogP contribution in [0.2, 0.25) is 0 Å². The molecule has 2 heterocycles. The summed E-state index contributed by atoms with van der Waals surface area (Å²) in [7, 11) is 0. The third kappa shape index (κ3) is 3.19. The molecule has 0 bridgehead atoms. The zero-order valence-corrected chi connectivity index (χ0v) is 15.0. The smallest absolute Gasteiger partial charge is 0.134 e. The molecule has 2 aliphatic heterocycles. The first-order valence-electron chi connectivity index (χ1n) is 9.25. The topological polar surface area (TPSA) is 44.7 Å². The Balaban J connectivity index is 1.63. The number of hydrogen-bond donors (Lipinski definition) is 2. The Hall–Kier alpha value is -2.20. The predicted molar refractivity (Wildman–Crippen MR) is 101 cm³/mol.